The Morgan fingerprint density at radius 1 is 1.42 bits per heavy atom. The average Bonchev–Trinajstić information content (AvgIpc) is 3.08. The Bertz CT molecular complexity index is 476. The van der Waals surface area contributed by atoms with Gasteiger partial charge in [0.1, 0.15) is 0 Å². The highest BCUT2D eigenvalue weighted by Crippen LogP contribution is 2.50. The molecule has 19 heavy (non-hydrogen) atoms. The summed E-state index contributed by atoms with van der Waals surface area (Å²) in [6, 6.07) is 5.48. The van der Waals surface area contributed by atoms with Crippen molar-refractivity contribution in [3.05, 3.63) is 29.3 Å². The van der Waals surface area contributed by atoms with Crippen LogP contribution in [0.15, 0.2) is 18.2 Å². The van der Waals surface area contributed by atoms with Crippen molar-refractivity contribution in [1.82, 2.24) is 5.32 Å². The first-order chi connectivity index (χ1) is 8.92. The van der Waals surface area contributed by atoms with Crippen molar-refractivity contribution in [2.45, 2.75) is 40.0 Å². The fraction of sp³-hybridized carbons (Fsp3) is 0.562. The fourth-order valence-corrected chi connectivity index (χ4v) is 2.74. The van der Waals surface area contributed by atoms with E-state index in [0.717, 1.165) is 12.1 Å². The fourth-order valence-electron chi connectivity index (χ4n) is 2.74. The number of carbonyl (C=O) groups excluding carboxylic acids is 1. The summed E-state index contributed by atoms with van der Waals surface area (Å²) in [5, 5.41) is 3.08. The van der Waals surface area contributed by atoms with Crippen LogP contribution in [-0.4, -0.2) is 12.5 Å². The lowest BCUT2D eigenvalue weighted by atomic mass is 9.94. The molecule has 1 aromatic carbocycles. The van der Waals surface area contributed by atoms with E-state index in [9.17, 15) is 4.79 Å². The van der Waals surface area contributed by atoms with Crippen molar-refractivity contribution in [3.8, 4) is 0 Å². The van der Waals surface area contributed by atoms with Gasteiger partial charge < -0.3 is 11.1 Å². The van der Waals surface area contributed by atoms with E-state index >= 15 is 0 Å². The number of nitrogens with one attached hydrogen (secondary N) is 1. The van der Waals surface area contributed by atoms with Crippen LogP contribution < -0.4 is 11.1 Å². The summed E-state index contributed by atoms with van der Waals surface area (Å²) < 4.78 is 0. The zero-order valence-electron chi connectivity index (χ0n) is 12.1. The van der Waals surface area contributed by atoms with Crippen LogP contribution in [0.3, 0.4) is 0 Å². The van der Waals surface area contributed by atoms with Crippen LogP contribution >= 0.6 is 0 Å². The van der Waals surface area contributed by atoms with Gasteiger partial charge in [-0.15, -0.1) is 0 Å². The van der Waals surface area contributed by atoms with E-state index in [1.807, 2.05) is 19.1 Å². The first-order valence-electron chi connectivity index (χ1n) is 7.06. The summed E-state index contributed by atoms with van der Waals surface area (Å²) >= 11 is 0. The summed E-state index contributed by atoms with van der Waals surface area (Å²) in [6.07, 6.45) is 3.67. The van der Waals surface area contributed by atoms with Crippen LogP contribution in [0.1, 0.15) is 49.0 Å². The third kappa shape index (κ3) is 3.49. The zero-order chi connectivity index (χ0) is 14.0. The Kier molecular flexibility index (Phi) is 3.83. The van der Waals surface area contributed by atoms with Crippen LogP contribution in [-0.2, 0) is 0 Å². The molecule has 1 amide bonds. The molecular formula is C16H24N2O. The maximum Gasteiger partial charge on any atom is 0.251 e. The van der Waals surface area contributed by atoms with Crippen molar-refractivity contribution < 1.29 is 4.79 Å². The molecule has 2 rings (SSSR count). The molecule has 0 spiro atoms. The smallest absolute Gasteiger partial charge is 0.251 e. The van der Waals surface area contributed by atoms with E-state index < -0.39 is 0 Å². The summed E-state index contributed by atoms with van der Waals surface area (Å²) in [7, 11) is 0. The molecule has 0 atom stereocenters. The molecule has 0 unspecified atom stereocenters. The number of nitrogens with two attached hydrogens (primary N) is 1. The van der Waals surface area contributed by atoms with Crippen LogP contribution in [0, 0.1) is 18.3 Å². The number of nitrogen functional groups attached to an aromatic ring is 1. The predicted molar refractivity (Wildman–Crippen MR) is 79.0 cm³/mol. The van der Waals surface area contributed by atoms with Gasteiger partial charge >= 0.3 is 0 Å². The number of amides is 1. The standard InChI is InChI=1S/C16H24N2O/c1-11(2)9-16(6-7-16)10-18-15(19)14-8-13(17)5-4-12(14)3/h4-5,8,11H,6-7,9-10,17H2,1-3H3,(H,18,19). The maximum absolute atomic E-state index is 12.2. The van der Waals surface area contributed by atoms with Crippen molar-refractivity contribution in [2.75, 3.05) is 12.3 Å². The highest BCUT2D eigenvalue weighted by atomic mass is 16.1. The lowest BCUT2D eigenvalue weighted by molar-refractivity contribution is 0.0941. The van der Waals surface area contributed by atoms with E-state index in [1.54, 1.807) is 6.07 Å². The average molecular weight is 260 g/mol. The molecule has 0 aliphatic heterocycles. The lowest BCUT2D eigenvalue weighted by Crippen LogP contribution is -2.31. The monoisotopic (exact) mass is 260 g/mol. The zero-order valence-corrected chi connectivity index (χ0v) is 12.1. The third-order valence-electron chi connectivity index (χ3n) is 3.93. The maximum atomic E-state index is 12.2. The molecule has 0 aromatic heterocycles. The number of aryl methyl sites for hydroxylation is 1. The minimum atomic E-state index is -0.000156. The first kappa shape index (κ1) is 13.9. The lowest BCUT2D eigenvalue weighted by Gasteiger charge is -2.18. The molecule has 104 valence electrons. The van der Waals surface area contributed by atoms with E-state index in [1.165, 1.54) is 19.3 Å². The molecule has 3 N–H and O–H groups in total. The number of benzene rings is 1. The number of hydrogen-bond acceptors (Lipinski definition) is 2. The van der Waals surface area contributed by atoms with Crippen molar-refractivity contribution in [3.63, 3.8) is 0 Å². The molecule has 1 saturated carbocycles. The highest BCUT2D eigenvalue weighted by molar-refractivity contribution is 5.96. The molecule has 0 saturated heterocycles. The van der Waals surface area contributed by atoms with E-state index in [-0.39, 0.29) is 5.91 Å². The summed E-state index contributed by atoms with van der Waals surface area (Å²) in [5.74, 6) is 0.688. The number of rotatable bonds is 5. The first-order valence-corrected chi connectivity index (χ1v) is 7.06. The van der Waals surface area contributed by atoms with Crippen LogP contribution in [0.5, 0.6) is 0 Å². The van der Waals surface area contributed by atoms with Crippen LogP contribution in [0.2, 0.25) is 0 Å². The molecule has 0 heterocycles. The minimum absolute atomic E-state index is 0.000156. The Hall–Kier alpha value is -1.51. The number of anilines is 1. The molecule has 1 fully saturated rings. The molecule has 3 nitrogen and oxygen atoms in total. The molecule has 0 bridgehead atoms. The van der Waals surface area contributed by atoms with Crippen LogP contribution in [0.4, 0.5) is 5.69 Å². The predicted octanol–water partition coefficient (Wildman–Crippen LogP) is 3.13. The Balaban J connectivity index is 1.96. The quantitative estimate of drug-likeness (QED) is 0.799. The highest BCUT2D eigenvalue weighted by Gasteiger charge is 2.42. The Labute approximate surface area is 115 Å². The largest absolute Gasteiger partial charge is 0.399 e. The third-order valence-corrected chi connectivity index (χ3v) is 3.93. The summed E-state index contributed by atoms with van der Waals surface area (Å²) in [6.45, 7) is 7.21. The minimum Gasteiger partial charge on any atom is -0.399 e. The van der Waals surface area contributed by atoms with E-state index in [4.69, 9.17) is 5.73 Å². The second-order valence-corrected chi connectivity index (χ2v) is 6.36. The van der Waals surface area contributed by atoms with Crippen molar-refractivity contribution in [1.29, 1.82) is 0 Å². The van der Waals surface area contributed by atoms with Gasteiger partial charge in [-0.25, -0.2) is 0 Å². The summed E-state index contributed by atoms with van der Waals surface area (Å²) in [4.78, 5) is 12.2. The molecule has 1 aromatic rings. The van der Waals surface area contributed by atoms with Gasteiger partial charge in [-0.2, -0.15) is 0 Å². The van der Waals surface area contributed by atoms with Gasteiger partial charge in [0.05, 0.1) is 0 Å². The Morgan fingerprint density at radius 2 is 2.11 bits per heavy atom. The molecular weight excluding hydrogens is 236 g/mol. The van der Waals surface area contributed by atoms with Gasteiger partial charge in [-0.05, 0) is 55.2 Å². The van der Waals surface area contributed by atoms with E-state index in [0.29, 0.717) is 22.6 Å². The van der Waals surface area contributed by atoms with Gasteiger partial charge in [0.2, 0.25) is 0 Å². The van der Waals surface area contributed by atoms with Crippen LogP contribution in [0.25, 0.3) is 0 Å². The van der Waals surface area contributed by atoms with Gasteiger partial charge in [0, 0.05) is 17.8 Å². The molecule has 1 aliphatic rings. The second kappa shape index (κ2) is 5.24. The normalized spacial score (nSPS) is 16.4. The van der Waals surface area contributed by atoms with Crippen molar-refractivity contribution in [2.24, 2.45) is 11.3 Å². The van der Waals surface area contributed by atoms with E-state index in [2.05, 4.69) is 19.2 Å². The van der Waals surface area contributed by atoms with Gasteiger partial charge in [-0.1, -0.05) is 19.9 Å². The number of carbonyl (C=O) groups is 1. The Morgan fingerprint density at radius 3 is 2.68 bits per heavy atom. The SMILES string of the molecule is Cc1ccc(N)cc1C(=O)NCC1(CC(C)C)CC1. The van der Waals surface area contributed by atoms with Gasteiger partial charge in [0.25, 0.3) is 5.91 Å². The second-order valence-electron chi connectivity index (χ2n) is 6.36. The van der Waals surface area contributed by atoms with Gasteiger partial charge in [0.15, 0.2) is 0 Å². The summed E-state index contributed by atoms with van der Waals surface area (Å²) in [5.41, 5.74) is 8.41. The molecule has 1 aliphatic carbocycles. The topological polar surface area (TPSA) is 55.1 Å². The van der Waals surface area contributed by atoms with Crippen molar-refractivity contribution >= 4 is 11.6 Å². The molecule has 0 radical (unpaired) electrons. The number of hydrogen-bond donors (Lipinski definition) is 2. The van der Waals surface area contributed by atoms with Gasteiger partial charge in [-0.3, -0.25) is 4.79 Å². The molecule has 3 heteroatoms.